The number of ether oxygens (including phenoxy) is 1. The Morgan fingerprint density at radius 3 is 2.52 bits per heavy atom. The predicted octanol–water partition coefficient (Wildman–Crippen LogP) is 2.30. The van der Waals surface area contributed by atoms with Gasteiger partial charge in [-0.25, -0.2) is 4.79 Å². The van der Waals surface area contributed by atoms with Gasteiger partial charge in [0.05, 0.1) is 12.0 Å². The normalized spacial score (nSPS) is 16.6. The summed E-state index contributed by atoms with van der Waals surface area (Å²) >= 11 is 1.43. The van der Waals surface area contributed by atoms with Crippen molar-refractivity contribution in [3.05, 3.63) is 22.4 Å². The van der Waals surface area contributed by atoms with E-state index in [2.05, 4.69) is 5.32 Å². The van der Waals surface area contributed by atoms with E-state index in [0.29, 0.717) is 32.4 Å². The van der Waals surface area contributed by atoms with Crippen molar-refractivity contribution >= 4 is 29.1 Å². The SMILES string of the molecule is COC(=O)C(CC(C)C)NC(=O)C1CCN(C(=O)c2cccs2)CC1. The highest BCUT2D eigenvalue weighted by Crippen LogP contribution is 2.21. The minimum Gasteiger partial charge on any atom is -0.467 e. The van der Waals surface area contributed by atoms with Crippen LogP contribution in [0, 0.1) is 11.8 Å². The van der Waals surface area contributed by atoms with Crippen LogP contribution in [0.2, 0.25) is 0 Å². The fourth-order valence-electron chi connectivity index (χ4n) is 3.02. The van der Waals surface area contributed by atoms with Gasteiger partial charge in [0.25, 0.3) is 5.91 Å². The smallest absolute Gasteiger partial charge is 0.328 e. The zero-order chi connectivity index (χ0) is 18.4. The summed E-state index contributed by atoms with van der Waals surface area (Å²) in [5.41, 5.74) is 0. The molecule has 1 aromatic heterocycles. The van der Waals surface area contributed by atoms with E-state index >= 15 is 0 Å². The third kappa shape index (κ3) is 5.29. The fraction of sp³-hybridized carbons (Fsp3) is 0.611. The van der Waals surface area contributed by atoms with Crippen molar-refractivity contribution in [2.24, 2.45) is 11.8 Å². The molecule has 6 nitrogen and oxygen atoms in total. The van der Waals surface area contributed by atoms with Crippen LogP contribution in [0.25, 0.3) is 0 Å². The average molecular weight is 366 g/mol. The van der Waals surface area contributed by atoms with Gasteiger partial charge in [-0.1, -0.05) is 19.9 Å². The molecule has 0 aromatic carbocycles. The number of nitrogens with zero attached hydrogens (tertiary/aromatic N) is 1. The maximum Gasteiger partial charge on any atom is 0.328 e. The van der Waals surface area contributed by atoms with Crippen LogP contribution in [0.3, 0.4) is 0 Å². The van der Waals surface area contributed by atoms with Crippen molar-refractivity contribution in [3.63, 3.8) is 0 Å². The highest BCUT2D eigenvalue weighted by Gasteiger charge is 2.31. The molecule has 0 saturated carbocycles. The lowest BCUT2D eigenvalue weighted by Crippen LogP contribution is -2.48. The van der Waals surface area contributed by atoms with E-state index in [4.69, 9.17) is 4.74 Å². The fourth-order valence-corrected chi connectivity index (χ4v) is 3.71. The number of carbonyl (C=O) groups is 3. The summed E-state index contributed by atoms with van der Waals surface area (Å²) in [7, 11) is 1.33. The molecule has 2 amide bonds. The van der Waals surface area contributed by atoms with Crippen molar-refractivity contribution < 1.29 is 19.1 Å². The number of hydrogen-bond acceptors (Lipinski definition) is 5. The van der Waals surface area contributed by atoms with E-state index in [1.165, 1.54) is 18.4 Å². The minimum absolute atomic E-state index is 0.0288. The Morgan fingerprint density at radius 2 is 2.00 bits per heavy atom. The summed E-state index contributed by atoms with van der Waals surface area (Å²) in [5.74, 6) is -0.408. The summed E-state index contributed by atoms with van der Waals surface area (Å²) in [4.78, 5) is 39.2. The molecule has 1 saturated heterocycles. The highest BCUT2D eigenvalue weighted by molar-refractivity contribution is 7.12. The Morgan fingerprint density at radius 1 is 1.32 bits per heavy atom. The number of piperidine rings is 1. The van der Waals surface area contributed by atoms with Gasteiger partial charge in [0.15, 0.2) is 0 Å². The van der Waals surface area contributed by atoms with Crippen LogP contribution in [-0.2, 0) is 14.3 Å². The maximum atomic E-state index is 12.5. The molecule has 2 rings (SSSR count). The molecule has 1 unspecified atom stereocenters. The first-order valence-corrected chi connectivity index (χ1v) is 9.51. The molecule has 1 aromatic rings. The molecular formula is C18H26N2O4S. The average Bonchev–Trinajstić information content (AvgIpc) is 3.14. The van der Waals surface area contributed by atoms with E-state index in [0.717, 1.165) is 4.88 Å². The van der Waals surface area contributed by atoms with E-state index in [1.807, 2.05) is 31.4 Å². The molecular weight excluding hydrogens is 340 g/mol. The van der Waals surface area contributed by atoms with Crippen LogP contribution in [-0.4, -0.2) is 48.9 Å². The van der Waals surface area contributed by atoms with Gasteiger partial charge in [0, 0.05) is 19.0 Å². The summed E-state index contributed by atoms with van der Waals surface area (Å²) in [6.07, 6.45) is 1.77. The zero-order valence-corrected chi connectivity index (χ0v) is 15.8. The summed E-state index contributed by atoms with van der Waals surface area (Å²) in [6, 6.07) is 3.07. The largest absolute Gasteiger partial charge is 0.467 e. The number of rotatable bonds is 6. The monoisotopic (exact) mass is 366 g/mol. The lowest BCUT2D eigenvalue weighted by molar-refractivity contribution is -0.146. The number of likely N-dealkylation sites (tertiary alicyclic amines) is 1. The minimum atomic E-state index is -0.608. The molecule has 0 bridgehead atoms. The van der Waals surface area contributed by atoms with Crippen LogP contribution in [0.4, 0.5) is 0 Å². The van der Waals surface area contributed by atoms with E-state index in [9.17, 15) is 14.4 Å². The van der Waals surface area contributed by atoms with Gasteiger partial charge in [-0.3, -0.25) is 9.59 Å². The molecule has 0 spiro atoms. The second-order valence-electron chi connectivity index (χ2n) is 6.76. The van der Waals surface area contributed by atoms with Crippen LogP contribution in [0.1, 0.15) is 42.8 Å². The molecule has 1 N–H and O–H groups in total. The molecule has 2 heterocycles. The number of methoxy groups -OCH3 is 1. The number of esters is 1. The number of nitrogens with one attached hydrogen (secondary N) is 1. The van der Waals surface area contributed by atoms with Crippen LogP contribution < -0.4 is 5.32 Å². The molecule has 1 aliphatic rings. The van der Waals surface area contributed by atoms with E-state index < -0.39 is 12.0 Å². The Hall–Kier alpha value is -1.89. The third-order valence-corrected chi connectivity index (χ3v) is 5.25. The van der Waals surface area contributed by atoms with Crippen LogP contribution in [0.5, 0.6) is 0 Å². The summed E-state index contributed by atoms with van der Waals surface area (Å²) in [5, 5.41) is 4.71. The van der Waals surface area contributed by atoms with Crippen molar-refractivity contribution in [3.8, 4) is 0 Å². The predicted molar refractivity (Wildman–Crippen MR) is 96.3 cm³/mol. The van der Waals surface area contributed by atoms with Crippen molar-refractivity contribution in [1.29, 1.82) is 0 Å². The molecule has 1 fully saturated rings. The Labute approximate surface area is 152 Å². The maximum absolute atomic E-state index is 12.5. The zero-order valence-electron chi connectivity index (χ0n) is 15.0. The van der Waals surface area contributed by atoms with Gasteiger partial charge >= 0.3 is 5.97 Å². The van der Waals surface area contributed by atoms with Crippen molar-refractivity contribution in [2.45, 2.75) is 39.2 Å². The van der Waals surface area contributed by atoms with Gasteiger partial charge in [-0.2, -0.15) is 0 Å². The second kappa shape index (κ2) is 8.99. The van der Waals surface area contributed by atoms with Gasteiger partial charge < -0.3 is 15.0 Å². The first kappa shape index (κ1) is 19.4. The number of thiophene rings is 1. The molecule has 25 heavy (non-hydrogen) atoms. The Balaban J connectivity index is 1.87. The molecule has 138 valence electrons. The van der Waals surface area contributed by atoms with Gasteiger partial charge in [0.2, 0.25) is 5.91 Å². The standard InChI is InChI=1S/C18H26N2O4S/c1-12(2)11-14(18(23)24-3)19-16(21)13-6-8-20(9-7-13)17(22)15-5-4-10-25-15/h4-5,10,12-14H,6-9,11H2,1-3H3,(H,19,21). The number of carbonyl (C=O) groups excluding carboxylic acids is 3. The summed E-state index contributed by atoms with van der Waals surface area (Å²) in [6.45, 7) is 5.11. The molecule has 7 heteroatoms. The first-order valence-electron chi connectivity index (χ1n) is 8.63. The van der Waals surface area contributed by atoms with Gasteiger partial charge in [-0.15, -0.1) is 11.3 Å². The van der Waals surface area contributed by atoms with Gasteiger partial charge in [-0.05, 0) is 36.6 Å². The molecule has 0 radical (unpaired) electrons. The second-order valence-corrected chi connectivity index (χ2v) is 7.71. The van der Waals surface area contributed by atoms with E-state index in [-0.39, 0.29) is 23.7 Å². The quantitative estimate of drug-likeness (QED) is 0.784. The van der Waals surface area contributed by atoms with E-state index in [1.54, 1.807) is 4.90 Å². The number of hydrogen-bond donors (Lipinski definition) is 1. The lowest BCUT2D eigenvalue weighted by Gasteiger charge is -2.32. The van der Waals surface area contributed by atoms with Crippen molar-refractivity contribution in [2.75, 3.05) is 20.2 Å². The third-order valence-electron chi connectivity index (χ3n) is 4.39. The Kier molecular flexibility index (Phi) is 6.99. The van der Waals surface area contributed by atoms with Gasteiger partial charge in [0.1, 0.15) is 6.04 Å². The highest BCUT2D eigenvalue weighted by atomic mass is 32.1. The molecule has 1 atom stereocenters. The van der Waals surface area contributed by atoms with Crippen LogP contribution in [0.15, 0.2) is 17.5 Å². The first-order chi connectivity index (χ1) is 11.9. The molecule has 1 aliphatic heterocycles. The summed E-state index contributed by atoms with van der Waals surface area (Å²) < 4.78 is 4.79. The number of amides is 2. The van der Waals surface area contributed by atoms with Crippen LogP contribution >= 0.6 is 11.3 Å². The molecule has 0 aliphatic carbocycles. The lowest BCUT2D eigenvalue weighted by atomic mass is 9.94. The Bertz CT molecular complexity index is 592. The van der Waals surface area contributed by atoms with Crippen molar-refractivity contribution in [1.82, 2.24) is 10.2 Å². The topological polar surface area (TPSA) is 75.7 Å².